The van der Waals surface area contributed by atoms with E-state index in [1.807, 2.05) is 6.92 Å². The van der Waals surface area contributed by atoms with E-state index in [-0.39, 0.29) is 23.7 Å². The summed E-state index contributed by atoms with van der Waals surface area (Å²) < 4.78 is 5.36. The molecule has 2 N–H and O–H groups in total. The predicted octanol–water partition coefficient (Wildman–Crippen LogP) is 4.61. The van der Waals surface area contributed by atoms with Crippen LogP contribution in [0.5, 0.6) is 5.75 Å². The third-order valence-electron chi connectivity index (χ3n) is 4.11. The third-order valence-corrected chi connectivity index (χ3v) is 4.74. The fourth-order valence-corrected chi connectivity index (χ4v) is 3.14. The van der Waals surface area contributed by atoms with E-state index in [1.54, 1.807) is 42.5 Å². The van der Waals surface area contributed by atoms with Gasteiger partial charge in [0.2, 0.25) is 11.8 Å². The molecule has 0 heterocycles. The van der Waals surface area contributed by atoms with Crippen LogP contribution in [-0.4, -0.2) is 18.4 Å². The molecule has 0 spiro atoms. The first-order valence-electron chi connectivity index (χ1n) is 8.28. The maximum absolute atomic E-state index is 12.3. The molecule has 0 radical (unpaired) electrons. The molecule has 0 aromatic heterocycles. The molecule has 1 fully saturated rings. The lowest BCUT2D eigenvalue weighted by Gasteiger charge is -2.09. The Balaban J connectivity index is 1.55. The molecule has 0 saturated heterocycles. The minimum absolute atomic E-state index is 0.181. The number of hydrogen-bond acceptors (Lipinski definition) is 3. The predicted molar refractivity (Wildman–Crippen MR) is 103 cm³/mol. The summed E-state index contributed by atoms with van der Waals surface area (Å²) in [7, 11) is 0. The van der Waals surface area contributed by atoms with Gasteiger partial charge in [-0.1, -0.05) is 29.3 Å². The SMILES string of the molecule is CCOc1ccc(NC(=O)C2CC2C(=O)Nc2c(Cl)cccc2Cl)cc1. The van der Waals surface area contributed by atoms with E-state index in [0.717, 1.165) is 5.75 Å². The van der Waals surface area contributed by atoms with Gasteiger partial charge in [0.15, 0.2) is 0 Å². The van der Waals surface area contributed by atoms with Crippen molar-refractivity contribution in [1.29, 1.82) is 0 Å². The van der Waals surface area contributed by atoms with Crippen LogP contribution in [0.15, 0.2) is 42.5 Å². The largest absolute Gasteiger partial charge is 0.494 e. The second-order valence-electron chi connectivity index (χ2n) is 5.98. The lowest BCUT2D eigenvalue weighted by atomic mass is 10.2. The summed E-state index contributed by atoms with van der Waals surface area (Å²) in [6.07, 6.45) is 0.497. The molecule has 136 valence electrons. The number of anilines is 2. The van der Waals surface area contributed by atoms with Crippen molar-refractivity contribution in [3.63, 3.8) is 0 Å². The number of nitrogens with one attached hydrogen (secondary N) is 2. The van der Waals surface area contributed by atoms with Gasteiger partial charge in [-0.15, -0.1) is 0 Å². The molecule has 0 aliphatic heterocycles. The smallest absolute Gasteiger partial charge is 0.228 e. The topological polar surface area (TPSA) is 67.4 Å². The van der Waals surface area contributed by atoms with Crippen LogP contribution in [0.25, 0.3) is 0 Å². The van der Waals surface area contributed by atoms with Gasteiger partial charge in [0, 0.05) is 5.69 Å². The van der Waals surface area contributed by atoms with Gasteiger partial charge in [0.1, 0.15) is 5.75 Å². The molecule has 2 aromatic carbocycles. The first-order valence-corrected chi connectivity index (χ1v) is 9.03. The van der Waals surface area contributed by atoms with Crippen LogP contribution in [0, 0.1) is 11.8 Å². The zero-order valence-electron chi connectivity index (χ0n) is 14.1. The molecule has 2 atom stereocenters. The Hall–Kier alpha value is -2.24. The standard InChI is InChI=1S/C19H18Cl2N2O3/c1-2-26-12-8-6-11(7-9-12)22-18(24)13-10-14(13)19(25)23-17-15(20)4-3-5-16(17)21/h3-9,13-14H,2,10H2,1H3,(H,22,24)(H,23,25). The minimum Gasteiger partial charge on any atom is -0.494 e. The average molecular weight is 393 g/mol. The summed E-state index contributed by atoms with van der Waals surface area (Å²) >= 11 is 12.1. The van der Waals surface area contributed by atoms with E-state index < -0.39 is 0 Å². The number of rotatable bonds is 6. The molecule has 2 amide bonds. The van der Waals surface area contributed by atoms with Gasteiger partial charge in [0.05, 0.1) is 34.2 Å². The molecule has 1 aliphatic rings. The molecule has 2 aromatic rings. The average Bonchev–Trinajstić information content (AvgIpc) is 3.41. The number of carbonyl (C=O) groups is 2. The van der Waals surface area contributed by atoms with E-state index in [0.29, 0.717) is 34.4 Å². The fourth-order valence-electron chi connectivity index (χ4n) is 2.64. The van der Waals surface area contributed by atoms with Crippen LogP contribution in [-0.2, 0) is 9.59 Å². The molecular formula is C19H18Cl2N2O3. The number of benzene rings is 2. The Morgan fingerprint density at radius 2 is 1.58 bits per heavy atom. The first-order chi connectivity index (χ1) is 12.5. The molecule has 1 saturated carbocycles. The highest BCUT2D eigenvalue weighted by molar-refractivity contribution is 6.39. The van der Waals surface area contributed by atoms with Crippen molar-refractivity contribution in [2.24, 2.45) is 11.8 Å². The highest BCUT2D eigenvalue weighted by Crippen LogP contribution is 2.41. The maximum Gasteiger partial charge on any atom is 0.228 e. The molecule has 7 heteroatoms. The van der Waals surface area contributed by atoms with Gasteiger partial charge in [-0.3, -0.25) is 9.59 Å². The third kappa shape index (κ3) is 4.29. The molecule has 3 rings (SSSR count). The fraction of sp³-hybridized carbons (Fsp3) is 0.263. The summed E-state index contributed by atoms with van der Waals surface area (Å²) in [5.74, 6) is -0.440. The van der Waals surface area contributed by atoms with E-state index in [1.165, 1.54) is 0 Å². The molecule has 26 heavy (non-hydrogen) atoms. The molecule has 2 unspecified atom stereocenters. The van der Waals surface area contributed by atoms with Gasteiger partial charge < -0.3 is 15.4 Å². The Kier molecular flexibility index (Phi) is 5.69. The lowest BCUT2D eigenvalue weighted by Crippen LogP contribution is -2.20. The number of amides is 2. The van der Waals surface area contributed by atoms with Crippen molar-refractivity contribution in [2.45, 2.75) is 13.3 Å². The number of halogens is 2. The van der Waals surface area contributed by atoms with Crippen molar-refractivity contribution in [3.8, 4) is 5.75 Å². The molecular weight excluding hydrogens is 375 g/mol. The van der Waals surface area contributed by atoms with Gasteiger partial charge in [-0.25, -0.2) is 0 Å². The van der Waals surface area contributed by atoms with E-state index in [9.17, 15) is 9.59 Å². The van der Waals surface area contributed by atoms with E-state index in [4.69, 9.17) is 27.9 Å². The Labute approximate surface area is 161 Å². The number of ether oxygens (including phenoxy) is 1. The summed E-state index contributed by atoms with van der Waals surface area (Å²) in [6, 6.07) is 12.1. The highest BCUT2D eigenvalue weighted by Gasteiger charge is 2.48. The van der Waals surface area contributed by atoms with Crippen LogP contribution >= 0.6 is 23.2 Å². The van der Waals surface area contributed by atoms with Crippen LogP contribution in [0.3, 0.4) is 0 Å². The summed E-state index contributed by atoms with van der Waals surface area (Å²) in [6.45, 7) is 2.49. The summed E-state index contributed by atoms with van der Waals surface area (Å²) in [5, 5.41) is 6.26. The van der Waals surface area contributed by atoms with E-state index >= 15 is 0 Å². The minimum atomic E-state index is -0.384. The van der Waals surface area contributed by atoms with Crippen LogP contribution in [0.2, 0.25) is 10.0 Å². The van der Waals surface area contributed by atoms with E-state index in [2.05, 4.69) is 10.6 Å². The Morgan fingerprint density at radius 1 is 1.00 bits per heavy atom. The van der Waals surface area contributed by atoms with Crippen LogP contribution in [0.1, 0.15) is 13.3 Å². The molecule has 5 nitrogen and oxygen atoms in total. The van der Waals surface area contributed by atoms with Crippen molar-refractivity contribution in [3.05, 3.63) is 52.5 Å². The second-order valence-corrected chi connectivity index (χ2v) is 6.80. The van der Waals surface area contributed by atoms with Crippen molar-refractivity contribution in [2.75, 3.05) is 17.2 Å². The summed E-state index contributed by atoms with van der Waals surface area (Å²) in [4.78, 5) is 24.7. The zero-order valence-corrected chi connectivity index (χ0v) is 15.6. The number of hydrogen-bond donors (Lipinski definition) is 2. The quantitative estimate of drug-likeness (QED) is 0.754. The summed E-state index contributed by atoms with van der Waals surface area (Å²) in [5.41, 5.74) is 1.04. The van der Waals surface area contributed by atoms with Crippen molar-refractivity contribution < 1.29 is 14.3 Å². The van der Waals surface area contributed by atoms with Crippen molar-refractivity contribution in [1.82, 2.24) is 0 Å². The first kappa shape index (κ1) is 18.5. The number of carbonyl (C=O) groups excluding carboxylic acids is 2. The highest BCUT2D eigenvalue weighted by atomic mass is 35.5. The van der Waals surface area contributed by atoms with Crippen molar-refractivity contribution >= 4 is 46.4 Å². The number of para-hydroxylation sites is 1. The Bertz CT molecular complexity index is 804. The van der Waals surface area contributed by atoms with Crippen LogP contribution in [0.4, 0.5) is 11.4 Å². The lowest BCUT2D eigenvalue weighted by molar-refractivity contribution is -0.122. The normalized spacial score (nSPS) is 18.1. The van der Waals surface area contributed by atoms with Gasteiger partial charge in [-0.05, 0) is 49.7 Å². The maximum atomic E-state index is 12.3. The van der Waals surface area contributed by atoms with Gasteiger partial charge in [-0.2, -0.15) is 0 Å². The van der Waals surface area contributed by atoms with Crippen LogP contribution < -0.4 is 15.4 Å². The zero-order chi connectivity index (χ0) is 18.7. The van der Waals surface area contributed by atoms with Gasteiger partial charge in [0.25, 0.3) is 0 Å². The Morgan fingerprint density at radius 3 is 2.15 bits per heavy atom. The molecule has 0 bridgehead atoms. The second kappa shape index (κ2) is 7.98. The molecule has 1 aliphatic carbocycles. The van der Waals surface area contributed by atoms with Gasteiger partial charge >= 0.3 is 0 Å². The monoisotopic (exact) mass is 392 g/mol.